The summed E-state index contributed by atoms with van der Waals surface area (Å²) < 4.78 is 0. The first-order valence-corrected chi connectivity index (χ1v) is 3.64. The van der Waals surface area contributed by atoms with Crippen molar-refractivity contribution in [3.05, 3.63) is 0 Å². The third kappa shape index (κ3) is 1.59. The van der Waals surface area contributed by atoms with Crippen LogP contribution in [0.1, 0.15) is 6.92 Å². The van der Waals surface area contributed by atoms with Gasteiger partial charge in [0.15, 0.2) is 0 Å². The van der Waals surface area contributed by atoms with Crippen LogP contribution < -0.4 is 16.4 Å². The minimum Gasteiger partial charge on any atom is -0.377 e. The molecule has 0 aliphatic carbocycles. The van der Waals surface area contributed by atoms with E-state index in [0.29, 0.717) is 0 Å². The van der Waals surface area contributed by atoms with Crippen LogP contribution in [-0.4, -0.2) is 29.0 Å². The Morgan fingerprint density at radius 1 is 1.50 bits per heavy atom. The summed E-state index contributed by atoms with van der Waals surface area (Å²) in [6.45, 7) is 1.88. The van der Waals surface area contributed by atoms with Gasteiger partial charge in [0.25, 0.3) is 0 Å². The lowest BCUT2D eigenvalue weighted by Crippen LogP contribution is -2.66. The first kappa shape index (κ1) is 8.23. The van der Waals surface area contributed by atoms with Crippen LogP contribution >= 0.6 is 11.6 Å². The summed E-state index contributed by atoms with van der Waals surface area (Å²) in [4.78, 5) is 0. The van der Waals surface area contributed by atoms with E-state index in [2.05, 4.69) is 10.6 Å². The third-order valence-corrected chi connectivity index (χ3v) is 2.19. The monoisotopic (exact) mass is 165 g/mol. The van der Waals surface area contributed by atoms with Crippen LogP contribution in [0, 0.1) is 0 Å². The molecule has 1 aliphatic rings. The van der Waals surface area contributed by atoms with Gasteiger partial charge >= 0.3 is 0 Å². The molecule has 0 aromatic carbocycles. The molecular weight excluding hydrogens is 154 g/mol. The molecule has 0 amide bonds. The van der Waals surface area contributed by atoms with E-state index in [-0.39, 0.29) is 17.7 Å². The van der Waals surface area contributed by atoms with Gasteiger partial charge in [0.1, 0.15) is 12.5 Å². The summed E-state index contributed by atoms with van der Waals surface area (Å²) in [5.41, 5.74) is 5.44. The normalized spacial score (nSPS) is 49.2. The average molecular weight is 166 g/mol. The maximum absolute atomic E-state index is 9.16. The highest BCUT2D eigenvalue weighted by atomic mass is 35.5. The van der Waals surface area contributed by atoms with E-state index < -0.39 is 6.23 Å². The lowest BCUT2D eigenvalue weighted by Gasteiger charge is -2.35. The van der Waals surface area contributed by atoms with E-state index in [4.69, 9.17) is 22.4 Å². The fourth-order valence-corrected chi connectivity index (χ4v) is 1.12. The topological polar surface area (TPSA) is 70.3 Å². The van der Waals surface area contributed by atoms with Gasteiger partial charge in [-0.3, -0.25) is 10.6 Å². The zero-order chi connectivity index (χ0) is 7.72. The standard InChI is InChI=1S/C5H12ClN3O/c1-2-3(6)4(10)9-5(7)8-2/h2-5,8-10H,7H2,1H3. The second-order valence-electron chi connectivity index (χ2n) is 2.49. The van der Waals surface area contributed by atoms with E-state index in [0.717, 1.165) is 0 Å². The summed E-state index contributed by atoms with van der Waals surface area (Å²) in [5.74, 6) is 0. The van der Waals surface area contributed by atoms with Crippen molar-refractivity contribution in [2.24, 2.45) is 5.73 Å². The van der Waals surface area contributed by atoms with Crippen LogP contribution in [0.2, 0.25) is 0 Å². The zero-order valence-electron chi connectivity index (χ0n) is 5.71. The van der Waals surface area contributed by atoms with Crippen LogP contribution in [0.15, 0.2) is 0 Å². The third-order valence-electron chi connectivity index (χ3n) is 1.57. The molecule has 10 heavy (non-hydrogen) atoms. The molecule has 1 fully saturated rings. The molecule has 1 heterocycles. The molecule has 5 N–H and O–H groups in total. The van der Waals surface area contributed by atoms with Gasteiger partial charge in [0, 0.05) is 6.04 Å². The molecule has 0 bridgehead atoms. The van der Waals surface area contributed by atoms with E-state index in [1.165, 1.54) is 0 Å². The van der Waals surface area contributed by atoms with Crippen molar-refractivity contribution >= 4 is 11.6 Å². The number of hydrogen-bond acceptors (Lipinski definition) is 4. The zero-order valence-corrected chi connectivity index (χ0v) is 6.47. The van der Waals surface area contributed by atoms with E-state index >= 15 is 0 Å². The predicted molar refractivity (Wildman–Crippen MR) is 39.4 cm³/mol. The molecule has 0 radical (unpaired) electrons. The molecule has 0 spiro atoms. The Balaban J connectivity index is 2.49. The highest BCUT2D eigenvalue weighted by Crippen LogP contribution is 2.09. The number of aliphatic hydroxyl groups is 1. The molecular formula is C5H12ClN3O. The van der Waals surface area contributed by atoms with Crippen molar-refractivity contribution < 1.29 is 5.11 Å². The number of nitrogens with two attached hydrogens (primary N) is 1. The Kier molecular flexibility index (Phi) is 2.49. The number of nitrogens with one attached hydrogen (secondary N) is 2. The van der Waals surface area contributed by atoms with E-state index in [1.807, 2.05) is 6.92 Å². The van der Waals surface area contributed by atoms with E-state index in [9.17, 15) is 0 Å². The quantitative estimate of drug-likeness (QED) is 0.338. The maximum atomic E-state index is 9.16. The molecule has 0 aromatic rings. The largest absolute Gasteiger partial charge is 0.377 e. The van der Waals surface area contributed by atoms with Crippen LogP contribution in [-0.2, 0) is 0 Å². The number of rotatable bonds is 0. The average Bonchev–Trinajstić information content (AvgIpc) is 1.82. The number of alkyl halides is 1. The Morgan fingerprint density at radius 2 is 2.10 bits per heavy atom. The summed E-state index contributed by atoms with van der Waals surface area (Å²) >= 11 is 5.75. The minimum atomic E-state index is -0.715. The molecule has 1 aliphatic heterocycles. The van der Waals surface area contributed by atoms with Gasteiger partial charge in [-0.05, 0) is 6.92 Å². The highest BCUT2D eigenvalue weighted by Gasteiger charge is 2.29. The number of halogens is 1. The second kappa shape index (κ2) is 3.02. The van der Waals surface area contributed by atoms with Crippen LogP contribution in [0.25, 0.3) is 0 Å². The van der Waals surface area contributed by atoms with Gasteiger partial charge in [-0.2, -0.15) is 0 Å². The molecule has 4 nitrogen and oxygen atoms in total. The van der Waals surface area contributed by atoms with Gasteiger partial charge in [0.05, 0.1) is 5.38 Å². The van der Waals surface area contributed by atoms with Crippen molar-refractivity contribution in [3.8, 4) is 0 Å². The fourth-order valence-electron chi connectivity index (χ4n) is 0.973. The highest BCUT2D eigenvalue weighted by molar-refractivity contribution is 6.21. The smallest absolute Gasteiger partial charge is 0.125 e. The van der Waals surface area contributed by atoms with Gasteiger partial charge in [-0.25, -0.2) is 0 Å². The molecule has 1 saturated heterocycles. The molecule has 0 aromatic heterocycles. The summed E-state index contributed by atoms with van der Waals surface area (Å²) in [7, 11) is 0. The number of hydrogen-bond donors (Lipinski definition) is 4. The first-order chi connectivity index (χ1) is 4.61. The maximum Gasteiger partial charge on any atom is 0.125 e. The van der Waals surface area contributed by atoms with Crippen LogP contribution in [0.4, 0.5) is 0 Å². The molecule has 4 unspecified atom stereocenters. The van der Waals surface area contributed by atoms with Gasteiger partial charge in [-0.1, -0.05) is 0 Å². The van der Waals surface area contributed by atoms with Crippen LogP contribution in [0.3, 0.4) is 0 Å². The van der Waals surface area contributed by atoms with Crippen molar-refractivity contribution in [2.75, 3.05) is 0 Å². The molecule has 4 atom stereocenters. The lowest BCUT2D eigenvalue weighted by molar-refractivity contribution is 0.0696. The second-order valence-corrected chi connectivity index (χ2v) is 2.99. The number of aliphatic hydroxyl groups excluding tert-OH is 1. The summed E-state index contributed by atoms with van der Waals surface area (Å²) in [6.07, 6.45) is -1.08. The SMILES string of the molecule is CC1NC(N)NC(O)C1Cl. The van der Waals surface area contributed by atoms with E-state index in [1.54, 1.807) is 0 Å². The Hall–Kier alpha value is 0.130. The summed E-state index contributed by atoms with van der Waals surface area (Å²) in [5, 5.41) is 14.4. The molecule has 60 valence electrons. The Morgan fingerprint density at radius 3 is 2.60 bits per heavy atom. The van der Waals surface area contributed by atoms with Gasteiger partial charge in [0.2, 0.25) is 0 Å². The van der Waals surface area contributed by atoms with Gasteiger partial charge < -0.3 is 10.8 Å². The molecule has 1 rings (SSSR count). The Labute approximate surface area is 64.7 Å². The Bertz CT molecular complexity index is 111. The molecule has 5 heteroatoms. The lowest BCUT2D eigenvalue weighted by atomic mass is 10.2. The predicted octanol–water partition coefficient (Wildman–Crippen LogP) is -1.26. The van der Waals surface area contributed by atoms with Crippen molar-refractivity contribution in [1.29, 1.82) is 0 Å². The van der Waals surface area contributed by atoms with Crippen LogP contribution in [0.5, 0.6) is 0 Å². The van der Waals surface area contributed by atoms with Crippen molar-refractivity contribution in [3.63, 3.8) is 0 Å². The minimum absolute atomic E-state index is 0.0351. The first-order valence-electron chi connectivity index (χ1n) is 3.21. The van der Waals surface area contributed by atoms with Crippen molar-refractivity contribution in [1.82, 2.24) is 10.6 Å². The van der Waals surface area contributed by atoms with Crippen molar-refractivity contribution in [2.45, 2.75) is 30.9 Å². The van der Waals surface area contributed by atoms with Gasteiger partial charge in [-0.15, -0.1) is 11.6 Å². The summed E-state index contributed by atoms with van der Waals surface area (Å²) in [6, 6.07) is 0.0351. The fraction of sp³-hybridized carbons (Fsp3) is 1.00. The molecule has 0 saturated carbocycles.